The van der Waals surface area contributed by atoms with Crippen molar-refractivity contribution in [2.24, 2.45) is 0 Å². The average Bonchev–Trinajstić information content (AvgIpc) is 2.71. The Bertz CT molecular complexity index is 888. The van der Waals surface area contributed by atoms with Crippen LogP contribution in [0, 0.1) is 5.82 Å². The molecule has 0 bridgehead atoms. The number of halogens is 1. The van der Waals surface area contributed by atoms with Gasteiger partial charge in [0.25, 0.3) is 0 Å². The molecule has 1 nitrogen and oxygen atoms in total. The van der Waals surface area contributed by atoms with E-state index in [2.05, 4.69) is 44.4 Å². The fourth-order valence-corrected chi connectivity index (χ4v) is 3.73. The molecular weight excluding hydrogens is 367 g/mol. The maximum atomic E-state index is 14.1. The molecular formula is C25H27FOS. The van der Waals surface area contributed by atoms with Gasteiger partial charge in [-0.15, -0.1) is 11.8 Å². The summed E-state index contributed by atoms with van der Waals surface area (Å²) in [6.45, 7) is 4.57. The molecule has 146 valence electrons. The van der Waals surface area contributed by atoms with Crippen molar-refractivity contribution in [2.45, 2.75) is 43.4 Å². The van der Waals surface area contributed by atoms with Crippen molar-refractivity contribution in [1.82, 2.24) is 0 Å². The van der Waals surface area contributed by atoms with Crippen LogP contribution in [0.25, 0.3) is 0 Å². The van der Waals surface area contributed by atoms with Crippen molar-refractivity contribution in [1.29, 1.82) is 0 Å². The Morgan fingerprint density at radius 2 is 1.64 bits per heavy atom. The minimum Gasteiger partial charge on any atom is -0.454 e. The van der Waals surface area contributed by atoms with Crippen molar-refractivity contribution in [3.05, 3.63) is 89.7 Å². The predicted octanol–water partition coefficient (Wildman–Crippen LogP) is 7.64. The van der Waals surface area contributed by atoms with Crippen molar-refractivity contribution >= 4 is 11.8 Å². The van der Waals surface area contributed by atoms with Gasteiger partial charge >= 0.3 is 0 Å². The smallest absolute Gasteiger partial charge is 0.165 e. The van der Waals surface area contributed by atoms with Gasteiger partial charge in [-0.2, -0.15) is 0 Å². The summed E-state index contributed by atoms with van der Waals surface area (Å²) in [5.41, 5.74) is 2.57. The van der Waals surface area contributed by atoms with Gasteiger partial charge in [0, 0.05) is 4.90 Å². The molecule has 3 aromatic carbocycles. The van der Waals surface area contributed by atoms with Crippen LogP contribution in [0.15, 0.2) is 77.7 Å². The fraction of sp³-hybridized carbons (Fsp3) is 0.280. The number of hydrogen-bond donors (Lipinski definition) is 0. The Balaban J connectivity index is 1.61. The minimum atomic E-state index is -0.332. The van der Waals surface area contributed by atoms with Crippen LogP contribution in [0.4, 0.5) is 4.39 Å². The van der Waals surface area contributed by atoms with E-state index in [1.165, 1.54) is 16.5 Å². The molecule has 0 amide bonds. The highest BCUT2D eigenvalue weighted by atomic mass is 32.2. The van der Waals surface area contributed by atoms with Crippen LogP contribution >= 0.6 is 11.8 Å². The number of aryl methyl sites for hydroxylation is 1. The second kappa shape index (κ2) is 9.29. The van der Waals surface area contributed by atoms with Crippen LogP contribution in [-0.4, -0.2) is 6.26 Å². The van der Waals surface area contributed by atoms with E-state index >= 15 is 0 Å². The summed E-state index contributed by atoms with van der Waals surface area (Å²) in [5, 5.41) is 0. The van der Waals surface area contributed by atoms with Gasteiger partial charge in [-0.1, -0.05) is 50.2 Å². The average molecular weight is 395 g/mol. The highest BCUT2D eigenvalue weighted by Gasteiger charge is 2.20. The topological polar surface area (TPSA) is 9.23 Å². The van der Waals surface area contributed by atoms with Gasteiger partial charge in [-0.3, -0.25) is 0 Å². The first kappa shape index (κ1) is 20.5. The third kappa shape index (κ3) is 5.39. The molecule has 0 heterocycles. The molecule has 0 atom stereocenters. The Hall–Kier alpha value is -2.26. The Morgan fingerprint density at radius 1 is 0.929 bits per heavy atom. The molecule has 0 saturated heterocycles. The Kier molecular flexibility index (Phi) is 6.79. The first-order valence-electron chi connectivity index (χ1n) is 9.64. The van der Waals surface area contributed by atoms with Crippen molar-refractivity contribution in [3.8, 4) is 11.5 Å². The monoisotopic (exact) mass is 394 g/mol. The van der Waals surface area contributed by atoms with E-state index in [-0.39, 0.29) is 17.0 Å². The normalized spacial score (nSPS) is 11.4. The zero-order valence-corrected chi connectivity index (χ0v) is 17.6. The standard InChI is InChI=1S/C25H27FOS/c1-25(2,20-12-14-22(28-3)15-13-20)17-7-8-19-11-16-23(26)24(18-19)27-21-9-5-4-6-10-21/h4-6,9-16,18H,7-8,17H2,1-3H3. The lowest BCUT2D eigenvalue weighted by molar-refractivity contribution is 0.439. The molecule has 0 aromatic heterocycles. The number of thioether (sulfide) groups is 1. The number of hydrogen-bond acceptors (Lipinski definition) is 2. The molecule has 3 aromatic rings. The largest absolute Gasteiger partial charge is 0.454 e. The van der Waals surface area contributed by atoms with Gasteiger partial charge in [0.05, 0.1) is 0 Å². The molecule has 0 spiro atoms. The van der Waals surface area contributed by atoms with Crippen LogP contribution in [0.3, 0.4) is 0 Å². The molecule has 0 saturated carbocycles. The summed E-state index contributed by atoms with van der Waals surface area (Å²) in [7, 11) is 0. The highest BCUT2D eigenvalue weighted by molar-refractivity contribution is 7.98. The summed E-state index contributed by atoms with van der Waals surface area (Å²) < 4.78 is 19.8. The Labute approximate surface area is 172 Å². The molecule has 28 heavy (non-hydrogen) atoms. The zero-order valence-electron chi connectivity index (χ0n) is 16.7. The number of rotatable bonds is 8. The van der Waals surface area contributed by atoms with Gasteiger partial charge in [0.2, 0.25) is 0 Å². The van der Waals surface area contributed by atoms with Gasteiger partial charge in [0.1, 0.15) is 5.75 Å². The zero-order chi connectivity index (χ0) is 20.0. The quantitative estimate of drug-likeness (QED) is 0.363. The maximum absolute atomic E-state index is 14.1. The van der Waals surface area contributed by atoms with E-state index < -0.39 is 0 Å². The molecule has 0 aliphatic carbocycles. The van der Waals surface area contributed by atoms with Gasteiger partial charge in [0.15, 0.2) is 11.6 Å². The first-order valence-corrected chi connectivity index (χ1v) is 10.9. The second-order valence-corrected chi connectivity index (χ2v) is 8.53. The summed E-state index contributed by atoms with van der Waals surface area (Å²) in [6, 6.07) is 23.4. The van der Waals surface area contributed by atoms with E-state index in [9.17, 15) is 4.39 Å². The van der Waals surface area contributed by atoms with Crippen molar-refractivity contribution in [2.75, 3.05) is 6.26 Å². The van der Waals surface area contributed by atoms with Crippen LogP contribution in [0.2, 0.25) is 0 Å². The maximum Gasteiger partial charge on any atom is 0.165 e. The molecule has 0 N–H and O–H groups in total. The first-order chi connectivity index (χ1) is 13.5. The number of ether oxygens (including phenoxy) is 1. The molecule has 0 aliphatic rings. The van der Waals surface area contributed by atoms with Crippen LogP contribution < -0.4 is 4.74 Å². The van der Waals surface area contributed by atoms with Crippen molar-refractivity contribution < 1.29 is 9.13 Å². The van der Waals surface area contributed by atoms with Crippen molar-refractivity contribution in [3.63, 3.8) is 0 Å². The summed E-state index contributed by atoms with van der Waals surface area (Å²) in [5.74, 6) is 0.603. The predicted molar refractivity (Wildman–Crippen MR) is 117 cm³/mol. The second-order valence-electron chi connectivity index (χ2n) is 7.65. The fourth-order valence-electron chi connectivity index (χ4n) is 3.32. The third-order valence-electron chi connectivity index (χ3n) is 5.11. The van der Waals surface area contributed by atoms with E-state index in [1.807, 2.05) is 42.5 Å². The minimum absolute atomic E-state index is 0.111. The lowest BCUT2D eigenvalue weighted by Crippen LogP contribution is -2.17. The van der Waals surface area contributed by atoms with E-state index in [1.54, 1.807) is 11.8 Å². The lowest BCUT2D eigenvalue weighted by atomic mass is 9.80. The molecule has 3 heteroatoms. The van der Waals surface area contributed by atoms with Crippen LogP contribution in [0.5, 0.6) is 11.5 Å². The molecule has 0 radical (unpaired) electrons. The number of benzene rings is 3. The Morgan fingerprint density at radius 3 is 2.32 bits per heavy atom. The lowest BCUT2D eigenvalue weighted by Gasteiger charge is -2.25. The number of para-hydroxylation sites is 1. The SMILES string of the molecule is CSc1ccc(C(C)(C)CCCc2ccc(F)c(Oc3ccccc3)c2)cc1. The summed E-state index contributed by atoms with van der Waals surface area (Å²) >= 11 is 1.76. The molecule has 0 unspecified atom stereocenters. The highest BCUT2D eigenvalue weighted by Crippen LogP contribution is 2.31. The van der Waals surface area contributed by atoms with E-state index in [4.69, 9.17) is 4.74 Å². The molecule has 0 fully saturated rings. The molecule has 0 aliphatic heterocycles. The summed E-state index contributed by atoms with van der Waals surface area (Å²) in [4.78, 5) is 1.29. The third-order valence-corrected chi connectivity index (χ3v) is 5.85. The van der Waals surface area contributed by atoms with Gasteiger partial charge < -0.3 is 4.74 Å². The van der Waals surface area contributed by atoms with Crippen LogP contribution in [0.1, 0.15) is 37.8 Å². The summed E-state index contributed by atoms with van der Waals surface area (Å²) in [6.07, 6.45) is 5.10. The van der Waals surface area contributed by atoms with E-state index in [0.29, 0.717) is 5.75 Å². The van der Waals surface area contributed by atoms with Crippen LogP contribution in [-0.2, 0) is 11.8 Å². The van der Waals surface area contributed by atoms with Gasteiger partial charge in [-0.05, 0) is 78.5 Å². The van der Waals surface area contributed by atoms with E-state index in [0.717, 1.165) is 24.8 Å². The van der Waals surface area contributed by atoms with Gasteiger partial charge in [-0.25, -0.2) is 4.39 Å². The molecule has 3 rings (SSSR count).